The van der Waals surface area contributed by atoms with Gasteiger partial charge in [-0.25, -0.2) is 8.42 Å². The molecule has 2 aromatic carbocycles. The van der Waals surface area contributed by atoms with E-state index in [0.717, 1.165) is 17.5 Å². The van der Waals surface area contributed by atoms with Gasteiger partial charge in [0.2, 0.25) is 0 Å². The number of fused-ring (bicyclic) bond motifs is 1. The van der Waals surface area contributed by atoms with Gasteiger partial charge in [0.25, 0.3) is 15.9 Å². The summed E-state index contributed by atoms with van der Waals surface area (Å²) in [6.07, 6.45) is 0.736. The van der Waals surface area contributed by atoms with E-state index in [1.807, 2.05) is 6.92 Å². The van der Waals surface area contributed by atoms with Crippen molar-refractivity contribution in [3.63, 3.8) is 0 Å². The number of amides is 1. The predicted molar refractivity (Wildman–Crippen MR) is 91.0 cm³/mol. The molecule has 0 aliphatic carbocycles. The first-order valence-electron chi connectivity index (χ1n) is 7.49. The van der Waals surface area contributed by atoms with Crippen LogP contribution < -0.4 is 14.8 Å². The number of hydrogen-bond donors (Lipinski definition) is 2. The molecule has 3 rings (SSSR count). The van der Waals surface area contributed by atoms with Gasteiger partial charge in [0.15, 0.2) is 0 Å². The van der Waals surface area contributed by atoms with Gasteiger partial charge in [0, 0.05) is 17.8 Å². The van der Waals surface area contributed by atoms with E-state index in [0.29, 0.717) is 17.8 Å². The lowest BCUT2D eigenvalue weighted by molar-refractivity contribution is 0.0946. The Kier molecular flexibility index (Phi) is 4.19. The monoisotopic (exact) mass is 346 g/mol. The molecule has 0 radical (unpaired) electrons. The molecule has 1 aliphatic heterocycles. The van der Waals surface area contributed by atoms with Gasteiger partial charge in [-0.3, -0.25) is 9.52 Å². The molecule has 1 amide bonds. The maximum Gasteiger partial charge on any atom is 0.265 e. The van der Waals surface area contributed by atoms with Crippen molar-refractivity contribution in [2.75, 3.05) is 18.4 Å². The summed E-state index contributed by atoms with van der Waals surface area (Å²) in [6.45, 7) is 2.40. The van der Waals surface area contributed by atoms with Crippen molar-refractivity contribution in [3.05, 3.63) is 53.1 Å². The highest BCUT2D eigenvalue weighted by molar-refractivity contribution is 7.92. The Balaban J connectivity index is 1.97. The molecule has 2 N–H and O–H groups in total. The molecule has 0 atom stereocenters. The molecular weight excluding hydrogens is 328 g/mol. The van der Waals surface area contributed by atoms with Crippen LogP contribution in [0.2, 0.25) is 0 Å². The lowest BCUT2D eigenvalue weighted by Gasteiger charge is -2.18. The van der Waals surface area contributed by atoms with Gasteiger partial charge in [-0.15, -0.1) is 0 Å². The number of hydrogen-bond acceptors (Lipinski definition) is 4. The average Bonchev–Trinajstić information content (AvgIpc) is 2.55. The first-order valence-corrected chi connectivity index (χ1v) is 8.97. The fourth-order valence-electron chi connectivity index (χ4n) is 2.68. The molecule has 0 aromatic heterocycles. The first kappa shape index (κ1) is 16.3. The zero-order valence-corrected chi connectivity index (χ0v) is 14.2. The smallest absolute Gasteiger partial charge is 0.265 e. The summed E-state index contributed by atoms with van der Waals surface area (Å²) in [7, 11) is -2.41. The van der Waals surface area contributed by atoms with E-state index in [4.69, 9.17) is 4.74 Å². The number of ether oxygens (including phenoxy) is 1. The molecule has 0 saturated heterocycles. The van der Waals surface area contributed by atoms with E-state index in [9.17, 15) is 13.2 Å². The van der Waals surface area contributed by atoms with Gasteiger partial charge in [-0.05, 0) is 48.7 Å². The predicted octanol–water partition coefficient (Wildman–Crippen LogP) is 2.09. The molecule has 0 bridgehead atoms. The van der Waals surface area contributed by atoms with Crippen LogP contribution in [0.4, 0.5) is 5.69 Å². The molecule has 1 heterocycles. The second kappa shape index (κ2) is 6.16. The van der Waals surface area contributed by atoms with Crippen molar-refractivity contribution in [3.8, 4) is 5.75 Å². The molecule has 126 valence electrons. The van der Waals surface area contributed by atoms with Crippen LogP contribution in [-0.4, -0.2) is 28.0 Å². The molecular formula is C17H18N2O4S. The highest BCUT2D eigenvalue weighted by Crippen LogP contribution is 2.28. The van der Waals surface area contributed by atoms with Crippen molar-refractivity contribution in [2.24, 2.45) is 0 Å². The minimum absolute atomic E-state index is 0.0622. The summed E-state index contributed by atoms with van der Waals surface area (Å²) in [5.41, 5.74) is 2.56. The van der Waals surface area contributed by atoms with Gasteiger partial charge in [-0.2, -0.15) is 0 Å². The standard InChI is InChI=1S/C17H18N2O4S/c1-11-3-6-15(23-2)16(9-11)24(21,22)19-13-5-4-12-7-8-18-17(20)14(12)10-13/h3-6,9-10,19H,7-8H2,1-2H3,(H,18,20). The quantitative estimate of drug-likeness (QED) is 0.888. The third-order valence-corrected chi connectivity index (χ3v) is 5.30. The zero-order chi connectivity index (χ0) is 17.3. The summed E-state index contributed by atoms with van der Waals surface area (Å²) in [5, 5.41) is 2.75. The Labute approximate surface area is 140 Å². The molecule has 0 spiro atoms. The maximum atomic E-state index is 12.7. The van der Waals surface area contributed by atoms with E-state index in [-0.39, 0.29) is 16.6 Å². The fraction of sp³-hybridized carbons (Fsp3) is 0.235. The maximum absolute atomic E-state index is 12.7. The minimum atomic E-state index is -3.83. The van der Waals surface area contributed by atoms with Crippen LogP contribution in [0.3, 0.4) is 0 Å². The molecule has 0 unspecified atom stereocenters. The molecule has 24 heavy (non-hydrogen) atoms. The highest BCUT2D eigenvalue weighted by atomic mass is 32.2. The Bertz CT molecular complexity index is 907. The number of nitrogens with one attached hydrogen (secondary N) is 2. The normalized spacial score (nSPS) is 13.8. The molecule has 7 heteroatoms. The van der Waals surface area contributed by atoms with Crippen molar-refractivity contribution >= 4 is 21.6 Å². The third-order valence-electron chi connectivity index (χ3n) is 3.90. The number of sulfonamides is 1. The first-order chi connectivity index (χ1) is 11.4. The average molecular weight is 346 g/mol. The van der Waals surface area contributed by atoms with E-state index < -0.39 is 10.0 Å². The second-order valence-electron chi connectivity index (χ2n) is 5.64. The molecule has 0 saturated carbocycles. The van der Waals surface area contributed by atoms with Crippen LogP contribution in [0, 0.1) is 6.92 Å². The van der Waals surface area contributed by atoms with E-state index in [1.165, 1.54) is 7.11 Å². The molecule has 0 fully saturated rings. The number of aryl methyl sites for hydroxylation is 1. The van der Waals surface area contributed by atoms with Crippen LogP contribution in [0.5, 0.6) is 5.75 Å². The van der Waals surface area contributed by atoms with E-state index >= 15 is 0 Å². The fourth-order valence-corrected chi connectivity index (χ4v) is 3.98. The minimum Gasteiger partial charge on any atom is -0.495 e. The Morgan fingerprint density at radius 3 is 2.71 bits per heavy atom. The Morgan fingerprint density at radius 2 is 1.96 bits per heavy atom. The van der Waals surface area contributed by atoms with Gasteiger partial charge in [0.05, 0.1) is 7.11 Å². The van der Waals surface area contributed by atoms with Crippen LogP contribution in [0.1, 0.15) is 21.5 Å². The van der Waals surface area contributed by atoms with Crippen molar-refractivity contribution in [1.82, 2.24) is 5.32 Å². The van der Waals surface area contributed by atoms with Gasteiger partial charge in [-0.1, -0.05) is 12.1 Å². The SMILES string of the molecule is COc1ccc(C)cc1S(=O)(=O)Nc1ccc2c(c1)C(=O)NCC2. The summed E-state index contributed by atoms with van der Waals surface area (Å²) in [4.78, 5) is 12.0. The summed E-state index contributed by atoms with van der Waals surface area (Å²) < 4.78 is 33.1. The Hall–Kier alpha value is -2.54. The summed E-state index contributed by atoms with van der Waals surface area (Å²) >= 11 is 0. The number of carbonyl (C=O) groups is 1. The summed E-state index contributed by atoms with van der Waals surface area (Å²) in [5.74, 6) is 0.0780. The molecule has 2 aromatic rings. The van der Waals surface area contributed by atoms with E-state index in [2.05, 4.69) is 10.0 Å². The zero-order valence-electron chi connectivity index (χ0n) is 13.4. The van der Waals surface area contributed by atoms with E-state index in [1.54, 1.807) is 36.4 Å². The third kappa shape index (κ3) is 3.07. The molecule has 6 nitrogen and oxygen atoms in total. The Morgan fingerprint density at radius 1 is 1.17 bits per heavy atom. The van der Waals surface area contributed by atoms with Crippen molar-refractivity contribution < 1.29 is 17.9 Å². The number of methoxy groups -OCH3 is 1. The number of rotatable bonds is 4. The molecule has 1 aliphatic rings. The largest absolute Gasteiger partial charge is 0.495 e. The van der Waals surface area contributed by atoms with Gasteiger partial charge >= 0.3 is 0 Å². The van der Waals surface area contributed by atoms with Crippen molar-refractivity contribution in [2.45, 2.75) is 18.2 Å². The van der Waals surface area contributed by atoms with Gasteiger partial charge < -0.3 is 10.1 Å². The number of anilines is 1. The van der Waals surface area contributed by atoms with Crippen LogP contribution in [0.15, 0.2) is 41.3 Å². The lowest BCUT2D eigenvalue weighted by Crippen LogP contribution is -2.31. The van der Waals surface area contributed by atoms with Crippen LogP contribution in [0.25, 0.3) is 0 Å². The summed E-state index contributed by atoms with van der Waals surface area (Å²) in [6, 6.07) is 9.94. The number of carbonyl (C=O) groups excluding carboxylic acids is 1. The topological polar surface area (TPSA) is 84.5 Å². The second-order valence-corrected chi connectivity index (χ2v) is 7.29. The number of benzene rings is 2. The van der Waals surface area contributed by atoms with Crippen LogP contribution >= 0.6 is 0 Å². The highest BCUT2D eigenvalue weighted by Gasteiger charge is 2.22. The van der Waals surface area contributed by atoms with Gasteiger partial charge in [0.1, 0.15) is 10.6 Å². The lowest BCUT2D eigenvalue weighted by atomic mass is 10.00. The van der Waals surface area contributed by atoms with Crippen molar-refractivity contribution in [1.29, 1.82) is 0 Å². The van der Waals surface area contributed by atoms with Crippen LogP contribution in [-0.2, 0) is 16.4 Å².